The molecule has 0 unspecified atom stereocenters. The predicted octanol–water partition coefficient (Wildman–Crippen LogP) is 5.02. The zero-order valence-electron chi connectivity index (χ0n) is 17.8. The number of carbonyl (C=O) groups excluding carboxylic acids is 1. The van der Waals surface area contributed by atoms with Gasteiger partial charge in [-0.25, -0.2) is 4.79 Å². The molecule has 2 aliphatic heterocycles. The van der Waals surface area contributed by atoms with Crippen molar-refractivity contribution in [2.75, 3.05) is 0 Å². The highest BCUT2D eigenvalue weighted by molar-refractivity contribution is 5.84. The van der Waals surface area contributed by atoms with Crippen LogP contribution in [0.15, 0.2) is 84.4 Å². The summed E-state index contributed by atoms with van der Waals surface area (Å²) in [4.78, 5) is 11.9. The van der Waals surface area contributed by atoms with Gasteiger partial charge in [-0.15, -0.1) is 0 Å². The van der Waals surface area contributed by atoms with Gasteiger partial charge in [0, 0.05) is 30.2 Å². The van der Waals surface area contributed by atoms with Gasteiger partial charge in [0.2, 0.25) is 0 Å². The molecule has 5 nitrogen and oxygen atoms in total. The smallest absolute Gasteiger partial charge is 0.331 e. The van der Waals surface area contributed by atoms with Gasteiger partial charge in [0.15, 0.2) is 6.10 Å². The van der Waals surface area contributed by atoms with Gasteiger partial charge < -0.3 is 18.9 Å². The van der Waals surface area contributed by atoms with Gasteiger partial charge in [-0.05, 0) is 23.6 Å². The molecule has 0 N–H and O–H groups in total. The molecule has 32 heavy (non-hydrogen) atoms. The molecule has 0 bridgehead atoms. The largest absolute Gasteiger partial charge is 0.489 e. The van der Waals surface area contributed by atoms with Gasteiger partial charge in [-0.3, -0.25) is 0 Å². The molecule has 2 heterocycles. The van der Waals surface area contributed by atoms with Crippen molar-refractivity contribution >= 4 is 5.97 Å². The molecule has 0 aliphatic carbocycles. The standard InChI is InChI=1S/C27H24O5/c1-18-12-26(28)31-25-15-22-23(30-17-20-10-6-3-7-11-20)13-21(14-24(22)32-27(18)25)29-16-19-8-4-2-5-9-19/h2-14,25,27H,15-17H2,1H3/t25-,27-/m1/s1. The summed E-state index contributed by atoms with van der Waals surface area (Å²) in [6, 6.07) is 23.8. The minimum atomic E-state index is -0.366. The van der Waals surface area contributed by atoms with E-state index in [-0.39, 0.29) is 18.2 Å². The van der Waals surface area contributed by atoms with Crippen molar-refractivity contribution < 1.29 is 23.7 Å². The number of esters is 1. The number of hydrogen-bond donors (Lipinski definition) is 0. The van der Waals surface area contributed by atoms with Gasteiger partial charge in [0.1, 0.15) is 36.6 Å². The molecule has 0 saturated heterocycles. The summed E-state index contributed by atoms with van der Waals surface area (Å²) in [6.45, 7) is 2.76. The van der Waals surface area contributed by atoms with Gasteiger partial charge in [-0.1, -0.05) is 60.7 Å². The van der Waals surface area contributed by atoms with Crippen LogP contribution in [0.1, 0.15) is 23.6 Å². The summed E-state index contributed by atoms with van der Waals surface area (Å²) < 4.78 is 24.1. The quantitative estimate of drug-likeness (QED) is 0.516. The maximum Gasteiger partial charge on any atom is 0.331 e. The average Bonchev–Trinajstić information content (AvgIpc) is 2.81. The van der Waals surface area contributed by atoms with Crippen LogP contribution in [-0.4, -0.2) is 18.2 Å². The van der Waals surface area contributed by atoms with E-state index in [9.17, 15) is 4.79 Å². The Kier molecular flexibility index (Phi) is 5.55. The van der Waals surface area contributed by atoms with Crippen LogP contribution in [0.5, 0.6) is 17.2 Å². The fourth-order valence-corrected chi connectivity index (χ4v) is 4.05. The van der Waals surface area contributed by atoms with Crippen molar-refractivity contribution in [2.45, 2.75) is 38.8 Å². The third-order valence-corrected chi connectivity index (χ3v) is 5.69. The molecular weight excluding hydrogens is 404 g/mol. The lowest BCUT2D eigenvalue weighted by Crippen LogP contribution is -2.44. The van der Waals surface area contributed by atoms with Crippen LogP contribution in [0, 0.1) is 0 Å². The molecule has 0 amide bonds. The summed E-state index contributed by atoms with van der Waals surface area (Å²) in [7, 11) is 0. The Balaban J connectivity index is 1.44. The lowest BCUT2D eigenvalue weighted by molar-refractivity contribution is -0.150. The first-order chi connectivity index (χ1) is 15.7. The molecule has 5 heteroatoms. The fourth-order valence-electron chi connectivity index (χ4n) is 4.05. The molecule has 3 aromatic carbocycles. The highest BCUT2D eigenvalue weighted by atomic mass is 16.6. The highest BCUT2D eigenvalue weighted by Crippen LogP contribution is 2.42. The maximum absolute atomic E-state index is 11.9. The number of fused-ring (bicyclic) bond motifs is 2. The molecule has 2 atom stereocenters. The maximum atomic E-state index is 11.9. The second-order valence-corrected chi connectivity index (χ2v) is 8.05. The molecule has 5 rings (SSSR count). The molecular formula is C27H24O5. The zero-order valence-corrected chi connectivity index (χ0v) is 17.8. The summed E-state index contributed by atoms with van der Waals surface area (Å²) in [5.74, 6) is 1.72. The van der Waals surface area contributed by atoms with Crippen molar-refractivity contribution in [1.29, 1.82) is 0 Å². The number of carbonyl (C=O) groups is 1. The topological polar surface area (TPSA) is 54.0 Å². The highest BCUT2D eigenvalue weighted by Gasteiger charge is 2.38. The van der Waals surface area contributed by atoms with Crippen LogP contribution >= 0.6 is 0 Å². The number of benzene rings is 3. The SMILES string of the molecule is CC1=CC(=O)O[C@@H]2Cc3c(OCc4ccccc4)cc(OCc4ccccc4)cc3O[C@H]12. The van der Waals surface area contributed by atoms with Crippen LogP contribution in [0.4, 0.5) is 0 Å². The summed E-state index contributed by atoms with van der Waals surface area (Å²) in [5.41, 5.74) is 3.89. The second-order valence-electron chi connectivity index (χ2n) is 8.05. The molecule has 0 fully saturated rings. The van der Waals surface area contributed by atoms with Crippen LogP contribution in [0.3, 0.4) is 0 Å². The third kappa shape index (κ3) is 4.33. The van der Waals surface area contributed by atoms with Gasteiger partial charge in [0.05, 0.1) is 0 Å². The Hall–Kier alpha value is -3.73. The lowest BCUT2D eigenvalue weighted by Gasteiger charge is -2.36. The second kappa shape index (κ2) is 8.79. The summed E-state index contributed by atoms with van der Waals surface area (Å²) in [6.07, 6.45) is 1.36. The Morgan fingerprint density at radius 2 is 1.53 bits per heavy atom. The molecule has 2 aliphatic rings. The number of ether oxygens (including phenoxy) is 4. The van der Waals surface area contributed by atoms with Crippen molar-refractivity contribution in [2.24, 2.45) is 0 Å². The fraction of sp³-hybridized carbons (Fsp3) is 0.222. The van der Waals surface area contributed by atoms with E-state index in [1.54, 1.807) is 0 Å². The predicted molar refractivity (Wildman–Crippen MR) is 120 cm³/mol. The third-order valence-electron chi connectivity index (χ3n) is 5.69. The molecule has 0 spiro atoms. The van der Waals surface area contributed by atoms with E-state index in [2.05, 4.69) is 0 Å². The normalized spacial score (nSPS) is 19.0. The van der Waals surface area contributed by atoms with Crippen LogP contribution in [-0.2, 0) is 29.2 Å². The Morgan fingerprint density at radius 3 is 2.22 bits per heavy atom. The van der Waals surface area contributed by atoms with Gasteiger partial charge >= 0.3 is 5.97 Å². The van der Waals surface area contributed by atoms with Crippen LogP contribution in [0.25, 0.3) is 0 Å². The van der Waals surface area contributed by atoms with E-state index in [1.165, 1.54) is 6.08 Å². The van der Waals surface area contributed by atoms with Crippen LogP contribution < -0.4 is 14.2 Å². The molecule has 0 radical (unpaired) electrons. The average molecular weight is 428 g/mol. The Labute approximate surface area is 187 Å². The minimum Gasteiger partial charge on any atom is -0.489 e. The van der Waals surface area contributed by atoms with Crippen molar-refractivity contribution in [3.8, 4) is 17.2 Å². The molecule has 162 valence electrons. The summed E-state index contributed by atoms with van der Waals surface area (Å²) in [5, 5.41) is 0. The van der Waals surface area contributed by atoms with Crippen LogP contribution in [0.2, 0.25) is 0 Å². The first-order valence-electron chi connectivity index (χ1n) is 10.7. The van der Waals surface area contributed by atoms with Gasteiger partial charge in [-0.2, -0.15) is 0 Å². The molecule has 3 aromatic rings. The van der Waals surface area contributed by atoms with E-state index in [0.717, 1.165) is 22.3 Å². The van der Waals surface area contributed by atoms with E-state index < -0.39 is 0 Å². The first-order valence-corrected chi connectivity index (χ1v) is 10.7. The molecule has 0 saturated carbocycles. The number of hydrogen-bond acceptors (Lipinski definition) is 5. The van der Waals surface area contributed by atoms with Gasteiger partial charge in [0.25, 0.3) is 0 Å². The minimum absolute atomic E-state index is 0.299. The zero-order chi connectivity index (χ0) is 21.9. The van der Waals surface area contributed by atoms with Crippen molar-refractivity contribution in [3.63, 3.8) is 0 Å². The van der Waals surface area contributed by atoms with Crippen molar-refractivity contribution in [1.82, 2.24) is 0 Å². The first kappa shape index (κ1) is 20.2. The Morgan fingerprint density at radius 1 is 0.875 bits per heavy atom. The van der Waals surface area contributed by atoms with E-state index in [4.69, 9.17) is 18.9 Å². The lowest BCUT2D eigenvalue weighted by atomic mass is 9.92. The monoisotopic (exact) mass is 428 g/mol. The number of rotatable bonds is 6. The van der Waals surface area contributed by atoms with E-state index in [0.29, 0.717) is 36.9 Å². The summed E-state index contributed by atoms with van der Waals surface area (Å²) >= 11 is 0. The van der Waals surface area contributed by atoms with E-state index in [1.807, 2.05) is 79.7 Å². The van der Waals surface area contributed by atoms with E-state index >= 15 is 0 Å². The van der Waals surface area contributed by atoms with Crippen molar-refractivity contribution in [3.05, 3.63) is 101 Å². The Bertz CT molecular complexity index is 1140. The molecule has 0 aromatic heterocycles.